The first-order chi connectivity index (χ1) is 5.41. The van der Waals surface area contributed by atoms with E-state index < -0.39 is 0 Å². The van der Waals surface area contributed by atoms with E-state index in [0.717, 1.165) is 0 Å². The van der Waals surface area contributed by atoms with E-state index >= 15 is 0 Å². The minimum Gasteiger partial charge on any atom is -0.435 e. The van der Waals surface area contributed by atoms with Crippen LogP contribution in [0.25, 0.3) is 0 Å². The van der Waals surface area contributed by atoms with E-state index in [-0.39, 0.29) is 40.0 Å². The molecule has 0 fully saturated rings. The minimum absolute atomic E-state index is 0.0617. The summed E-state index contributed by atoms with van der Waals surface area (Å²) in [6, 6.07) is 0. The number of rotatable bonds is 8. The van der Waals surface area contributed by atoms with E-state index in [2.05, 4.69) is 29.2 Å². The maximum atomic E-state index is 4.86. The largest absolute Gasteiger partial charge is 0.435 e. The molecule has 54 valence electrons. The van der Waals surface area contributed by atoms with Crippen molar-refractivity contribution < 1.29 is 20.6 Å². The Morgan fingerprint density at radius 2 is 1.00 bits per heavy atom. The summed E-state index contributed by atoms with van der Waals surface area (Å²) in [7, 11) is 5.27. The van der Waals surface area contributed by atoms with Crippen LogP contribution in [0.4, 0.5) is 0 Å². The van der Waals surface area contributed by atoms with Crippen molar-refractivity contribution in [3.8, 4) is 0 Å². The quantitative estimate of drug-likeness (QED) is 0.348. The molecule has 0 aromatic carbocycles. The van der Waals surface area contributed by atoms with Gasteiger partial charge in [-0.3, -0.25) is 0 Å². The molecule has 11 heavy (non-hydrogen) atoms. The lowest BCUT2D eigenvalue weighted by Gasteiger charge is -1.98. The van der Waals surface area contributed by atoms with E-state index in [4.69, 9.17) is 12.3 Å². The van der Waals surface area contributed by atoms with Gasteiger partial charge in [0.2, 0.25) is 21.0 Å². The molecule has 0 aromatic rings. The Morgan fingerprint density at radius 3 is 1.36 bits per heavy atom. The molecular weight excluding hydrogens is 249 g/mol. The molecule has 0 spiro atoms. The first kappa shape index (κ1) is 12.1. The molecule has 0 aliphatic rings. The van der Waals surface area contributed by atoms with Gasteiger partial charge in [-0.05, 0) is 0 Å². The predicted octanol–water partition coefficient (Wildman–Crippen LogP) is -2.63. The Morgan fingerprint density at radius 1 is 0.636 bits per heavy atom. The standard InChI is InChI=1S/O5Si6/c6-1-8-3-10-5-11-4-9-2-7. The van der Waals surface area contributed by atoms with Crippen LogP contribution in [-0.2, 0) is 20.6 Å². The summed E-state index contributed by atoms with van der Waals surface area (Å²) in [6.07, 6.45) is 0. The van der Waals surface area contributed by atoms with Gasteiger partial charge >= 0.3 is 40.0 Å². The van der Waals surface area contributed by atoms with Gasteiger partial charge in [-0.25, -0.2) is 0 Å². The van der Waals surface area contributed by atoms with Crippen molar-refractivity contribution in [3.63, 3.8) is 0 Å². The highest BCUT2D eigenvalue weighted by molar-refractivity contribution is 6.46. The molecule has 0 N–H and O–H groups in total. The zero-order valence-electron chi connectivity index (χ0n) is 5.04. The average molecular weight is 249 g/mol. The van der Waals surface area contributed by atoms with Crippen LogP contribution >= 0.6 is 0 Å². The van der Waals surface area contributed by atoms with E-state index in [0.29, 0.717) is 0 Å². The molecule has 0 aliphatic heterocycles. The van der Waals surface area contributed by atoms with Gasteiger partial charge in [0.05, 0.1) is 0 Å². The maximum absolute atomic E-state index is 4.86. The lowest BCUT2D eigenvalue weighted by atomic mass is 15.7. The van der Waals surface area contributed by atoms with Crippen LogP contribution < -0.4 is 0 Å². The Balaban J connectivity index is 2.69. The predicted molar refractivity (Wildman–Crippen MR) is 39.9 cm³/mol. The van der Waals surface area contributed by atoms with Crippen molar-refractivity contribution in [2.24, 2.45) is 0 Å². The SMILES string of the molecule is [Si]O[Si]O[Si]O[Si]O[Si]O[Si]. The average Bonchev–Trinajstić information content (AvgIpc) is 2.03. The summed E-state index contributed by atoms with van der Waals surface area (Å²) >= 11 is 0. The number of hydrogen-bond acceptors (Lipinski definition) is 5. The summed E-state index contributed by atoms with van der Waals surface area (Å²) in [5, 5.41) is 0. The van der Waals surface area contributed by atoms with E-state index in [1.165, 1.54) is 0 Å². The molecule has 14 radical (unpaired) electrons. The van der Waals surface area contributed by atoms with Crippen LogP contribution in [0.3, 0.4) is 0 Å². The van der Waals surface area contributed by atoms with Gasteiger partial charge in [0.25, 0.3) is 0 Å². The zero-order chi connectivity index (χ0) is 8.36. The Kier molecular flexibility index (Phi) is 12.2. The van der Waals surface area contributed by atoms with Gasteiger partial charge in [0.1, 0.15) is 0 Å². The van der Waals surface area contributed by atoms with Gasteiger partial charge in [-0.2, -0.15) is 0 Å². The minimum atomic E-state index is -0.0731. The fourth-order valence-corrected chi connectivity index (χ4v) is 2.71. The van der Waals surface area contributed by atoms with Crippen LogP contribution in [0, 0.1) is 0 Å². The first-order valence-electron chi connectivity index (χ1n) is 2.04. The smallest absolute Gasteiger partial charge is 0.412 e. The van der Waals surface area contributed by atoms with Gasteiger partial charge in [-0.1, -0.05) is 0 Å². The second-order valence-electron chi connectivity index (χ2n) is 0.844. The highest BCUT2D eigenvalue weighted by Gasteiger charge is 1.98. The normalized spacial score (nSPS) is 10.4. The summed E-state index contributed by atoms with van der Waals surface area (Å²) in [4.78, 5) is 0. The molecule has 0 aliphatic carbocycles. The Bertz CT molecular complexity index is 60.0. The molecule has 0 saturated carbocycles. The van der Waals surface area contributed by atoms with Crippen LogP contribution in [0.2, 0.25) is 0 Å². The fraction of sp³-hybridized carbons (Fsp3) is 0. The van der Waals surface area contributed by atoms with Crippen molar-refractivity contribution in [3.05, 3.63) is 0 Å². The fourth-order valence-electron chi connectivity index (χ4n) is 0.134. The third-order valence-corrected chi connectivity index (χ3v) is 3.00. The lowest BCUT2D eigenvalue weighted by Crippen LogP contribution is -2.16. The molecule has 0 rings (SSSR count). The van der Waals surface area contributed by atoms with E-state index in [1.54, 1.807) is 0 Å². The first-order valence-corrected chi connectivity index (χ1v) is 6.12. The van der Waals surface area contributed by atoms with Crippen molar-refractivity contribution in [1.29, 1.82) is 0 Å². The molecule has 5 nitrogen and oxygen atoms in total. The molecule has 0 bridgehead atoms. The molecular formula is O5Si6. The van der Waals surface area contributed by atoms with Crippen molar-refractivity contribution in [1.82, 2.24) is 0 Å². The Hall–Kier alpha value is 1.10. The van der Waals surface area contributed by atoms with Crippen molar-refractivity contribution in [2.45, 2.75) is 0 Å². The van der Waals surface area contributed by atoms with Gasteiger partial charge in [0.15, 0.2) is 0 Å². The van der Waals surface area contributed by atoms with Gasteiger partial charge in [-0.15, -0.1) is 0 Å². The summed E-state index contributed by atoms with van der Waals surface area (Å²) < 4.78 is 23.3. The summed E-state index contributed by atoms with van der Waals surface area (Å²) in [5.41, 5.74) is 0. The van der Waals surface area contributed by atoms with E-state index in [1.807, 2.05) is 0 Å². The zero-order valence-corrected chi connectivity index (χ0v) is 11.0. The third-order valence-electron chi connectivity index (χ3n) is 0.333. The molecule has 11 heteroatoms. The molecule has 0 heterocycles. The molecule has 0 unspecified atom stereocenters. The molecule has 0 amide bonds. The summed E-state index contributed by atoms with van der Waals surface area (Å²) in [5.74, 6) is 0. The second kappa shape index (κ2) is 11.1. The van der Waals surface area contributed by atoms with Crippen LogP contribution in [0.1, 0.15) is 0 Å². The van der Waals surface area contributed by atoms with Gasteiger partial charge < -0.3 is 20.6 Å². The van der Waals surface area contributed by atoms with E-state index in [9.17, 15) is 0 Å². The molecule has 0 aromatic heterocycles. The monoisotopic (exact) mass is 248 g/mol. The van der Waals surface area contributed by atoms with Gasteiger partial charge in [0, 0.05) is 0 Å². The topological polar surface area (TPSA) is 46.2 Å². The molecule has 0 saturated heterocycles. The number of hydrogen-bond donors (Lipinski definition) is 0. The third kappa shape index (κ3) is 11.1. The van der Waals surface area contributed by atoms with Crippen LogP contribution in [0.5, 0.6) is 0 Å². The van der Waals surface area contributed by atoms with Crippen LogP contribution in [0.15, 0.2) is 0 Å². The van der Waals surface area contributed by atoms with Crippen molar-refractivity contribution in [2.75, 3.05) is 0 Å². The summed E-state index contributed by atoms with van der Waals surface area (Å²) in [6.45, 7) is 0. The highest BCUT2D eigenvalue weighted by Crippen LogP contribution is 1.72. The maximum Gasteiger partial charge on any atom is 0.412 e. The van der Waals surface area contributed by atoms with Crippen LogP contribution in [-0.4, -0.2) is 61.0 Å². The molecule has 0 atom stereocenters. The second-order valence-corrected chi connectivity index (χ2v) is 5.59. The Labute approximate surface area is 81.8 Å². The lowest BCUT2D eigenvalue weighted by molar-refractivity contribution is 0.391. The highest BCUT2D eigenvalue weighted by atomic mass is 28.4. The van der Waals surface area contributed by atoms with Crippen molar-refractivity contribution >= 4 is 61.0 Å².